The van der Waals surface area contributed by atoms with Gasteiger partial charge in [0.15, 0.2) is 0 Å². The van der Waals surface area contributed by atoms with Crippen LogP contribution in [0, 0.1) is 5.92 Å². The van der Waals surface area contributed by atoms with Gasteiger partial charge in [0.2, 0.25) is 0 Å². The molecule has 0 radical (unpaired) electrons. The maximum atomic E-state index is 5.29. The second-order valence-corrected chi connectivity index (χ2v) is 10.2. The second kappa shape index (κ2) is 9.72. The van der Waals surface area contributed by atoms with Gasteiger partial charge in [0.05, 0.1) is 17.1 Å². The van der Waals surface area contributed by atoms with Crippen molar-refractivity contribution < 1.29 is 0 Å². The monoisotopic (exact) mass is 484 g/mol. The van der Waals surface area contributed by atoms with Gasteiger partial charge in [0.1, 0.15) is 5.69 Å². The fourth-order valence-corrected chi connectivity index (χ4v) is 5.62. The lowest BCUT2D eigenvalue weighted by atomic mass is 9.95. The molecule has 4 aromatic carbocycles. The van der Waals surface area contributed by atoms with Crippen LogP contribution in [0.5, 0.6) is 0 Å². The number of hydrogen-bond donors (Lipinski definition) is 0. The van der Waals surface area contributed by atoms with Crippen molar-refractivity contribution >= 4 is 11.4 Å². The predicted octanol–water partition coefficient (Wildman–Crippen LogP) is 7.52. The smallest absolute Gasteiger partial charge is 0.101 e. The van der Waals surface area contributed by atoms with Crippen LogP contribution in [0.3, 0.4) is 0 Å². The molecule has 184 valence electrons. The highest BCUT2D eigenvalue weighted by atomic mass is 15.3. The lowest BCUT2D eigenvalue weighted by Gasteiger charge is -2.31. The van der Waals surface area contributed by atoms with Gasteiger partial charge in [0.25, 0.3) is 0 Å². The van der Waals surface area contributed by atoms with E-state index in [0.29, 0.717) is 5.92 Å². The molecule has 0 fully saturated rings. The van der Waals surface area contributed by atoms with E-state index in [2.05, 4.69) is 145 Å². The molecule has 0 saturated heterocycles. The van der Waals surface area contributed by atoms with Gasteiger partial charge in [-0.25, -0.2) is 4.68 Å². The van der Waals surface area contributed by atoms with Gasteiger partial charge >= 0.3 is 0 Å². The van der Waals surface area contributed by atoms with Crippen LogP contribution in [0.15, 0.2) is 109 Å². The van der Waals surface area contributed by atoms with Crippen LogP contribution in [0.25, 0.3) is 39.3 Å². The van der Waals surface area contributed by atoms with E-state index in [-0.39, 0.29) is 0 Å². The van der Waals surface area contributed by atoms with Crippen molar-refractivity contribution in [3.63, 3.8) is 0 Å². The Labute approximate surface area is 219 Å². The maximum absolute atomic E-state index is 5.29. The van der Waals surface area contributed by atoms with E-state index in [1.807, 2.05) is 0 Å². The van der Waals surface area contributed by atoms with Crippen molar-refractivity contribution in [2.24, 2.45) is 5.92 Å². The van der Waals surface area contributed by atoms with Crippen molar-refractivity contribution in [2.75, 3.05) is 32.1 Å². The first-order valence-corrected chi connectivity index (χ1v) is 13.0. The summed E-state index contributed by atoms with van der Waals surface area (Å²) in [6.45, 7) is 4.29. The summed E-state index contributed by atoms with van der Waals surface area (Å²) >= 11 is 0. The summed E-state index contributed by atoms with van der Waals surface area (Å²) in [6.07, 6.45) is 0. The Bertz CT molecular complexity index is 1410. The molecule has 0 spiro atoms. The molecule has 5 aromatic rings. The summed E-state index contributed by atoms with van der Waals surface area (Å²) in [7, 11) is 4.30. The number of para-hydroxylation sites is 3. The molecule has 4 heteroatoms. The molecule has 1 unspecified atom stereocenters. The van der Waals surface area contributed by atoms with Gasteiger partial charge in [-0.3, -0.25) is 0 Å². The molecule has 1 aliphatic heterocycles. The van der Waals surface area contributed by atoms with Crippen LogP contribution >= 0.6 is 0 Å². The molecule has 0 amide bonds. The Morgan fingerprint density at radius 3 is 1.95 bits per heavy atom. The fraction of sp³-hybridized carbons (Fsp3) is 0.182. The first-order valence-electron chi connectivity index (χ1n) is 13.0. The zero-order chi connectivity index (χ0) is 25.4. The molecule has 1 aliphatic rings. The van der Waals surface area contributed by atoms with Crippen LogP contribution < -0.4 is 4.90 Å². The molecule has 0 saturated carbocycles. The average Bonchev–Trinajstić information content (AvgIpc) is 3.28. The van der Waals surface area contributed by atoms with Gasteiger partial charge in [-0.15, -0.1) is 0 Å². The molecular weight excluding hydrogens is 452 g/mol. The summed E-state index contributed by atoms with van der Waals surface area (Å²) in [5, 5.41) is 5.29. The highest BCUT2D eigenvalue weighted by Gasteiger charge is 2.32. The van der Waals surface area contributed by atoms with E-state index in [1.165, 1.54) is 28.1 Å². The quantitative estimate of drug-likeness (QED) is 0.249. The normalized spacial score (nSPS) is 13.0. The molecule has 1 atom stereocenters. The third-order valence-corrected chi connectivity index (χ3v) is 7.02. The molecule has 0 N–H and O–H groups in total. The highest BCUT2D eigenvalue weighted by Crippen LogP contribution is 2.51. The summed E-state index contributed by atoms with van der Waals surface area (Å²) in [5.74, 6) is 0.483. The minimum atomic E-state index is 0.483. The Balaban J connectivity index is 1.68. The van der Waals surface area contributed by atoms with E-state index < -0.39 is 0 Å². The molecule has 6 rings (SSSR count). The molecule has 0 bridgehead atoms. The average molecular weight is 485 g/mol. The molecule has 2 heterocycles. The number of fused-ring (bicyclic) bond motifs is 5. The number of rotatable bonds is 6. The Morgan fingerprint density at radius 2 is 1.27 bits per heavy atom. The van der Waals surface area contributed by atoms with E-state index in [4.69, 9.17) is 5.10 Å². The minimum Gasteiger partial charge on any atom is -0.340 e. The van der Waals surface area contributed by atoms with Gasteiger partial charge in [-0.1, -0.05) is 91.9 Å². The van der Waals surface area contributed by atoms with E-state index in [0.717, 1.165) is 35.7 Å². The van der Waals surface area contributed by atoms with Gasteiger partial charge in [0, 0.05) is 41.0 Å². The lowest BCUT2D eigenvalue weighted by Crippen LogP contribution is -2.30. The predicted molar refractivity (Wildman–Crippen MR) is 155 cm³/mol. The molecule has 37 heavy (non-hydrogen) atoms. The van der Waals surface area contributed by atoms with Crippen LogP contribution in [0.4, 0.5) is 11.4 Å². The third kappa shape index (κ3) is 4.24. The zero-order valence-electron chi connectivity index (χ0n) is 21.7. The van der Waals surface area contributed by atoms with Crippen LogP contribution in [0.2, 0.25) is 0 Å². The van der Waals surface area contributed by atoms with Crippen molar-refractivity contribution in [2.45, 2.75) is 6.92 Å². The highest BCUT2D eigenvalue weighted by molar-refractivity contribution is 6.03. The Kier molecular flexibility index (Phi) is 6.11. The zero-order valence-corrected chi connectivity index (χ0v) is 21.7. The van der Waals surface area contributed by atoms with Crippen molar-refractivity contribution in [3.8, 4) is 39.3 Å². The molecule has 1 aromatic heterocycles. The number of hydrogen-bond acceptors (Lipinski definition) is 3. The maximum Gasteiger partial charge on any atom is 0.101 e. The minimum absolute atomic E-state index is 0.483. The SMILES string of the molecule is CC(CN(C)C)CN1c2ccccc2-c2c(-c3ccccc3)nn(-c3ccccc3)c2-c2ccccc21. The largest absolute Gasteiger partial charge is 0.340 e. The topological polar surface area (TPSA) is 24.3 Å². The van der Waals surface area contributed by atoms with Crippen molar-refractivity contribution in [1.29, 1.82) is 0 Å². The van der Waals surface area contributed by atoms with Gasteiger partial charge in [-0.05, 0) is 44.3 Å². The summed E-state index contributed by atoms with van der Waals surface area (Å²) in [6, 6.07) is 38.7. The number of benzene rings is 4. The fourth-order valence-electron chi connectivity index (χ4n) is 5.62. The molecule has 4 nitrogen and oxygen atoms in total. The standard InChI is InChI=1S/C33H32N4/c1-24(22-35(2)3)23-36-29-20-12-10-18-27(29)31-32(25-14-6-4-7-15-25)34-37(26-16-8-5-9-17-26)33(31)28-19-11-13-21-30(28)36/h4-21,24H,22-23H2,1-3H3. The van der Waals surface area contributed by atoms with Gasteiger partial charge in [-0.2, -0.15) is 5.10 Å². The number of aromatic nitrogens is 2. The molecule has 0 aliphatic carbocycles. The first-order chi connectivity index (χ1) is 18.1. The third-order valence-electron chi connectivity index (χ3n) is 7.02. The van der Waals surface area contributed by atoms with E-state index >= 15 is 0 Å². The summed E-state index contributed by atoms with van der Waals surface area (Å²) in [4.78, 5) is 4.79. The van der Waals surface area contributed by atoms with Crippen molar-refractivity contribution in [1.82, 2.24) is 14.7 Å². The number of nitrogens with zero attached hydrogens (tertiary/aromatic N) is 4. The van der Waals surface area contributed by atoms with Crippen molar-refractivity contribution in [3.05, 3.63) is 109 Å². The summed E-state index contributed by atoms with van der Waals surface area (Å²) < 4.78 is 2.14. The van der Waals surface area contributed by atoms with E-state index in [1.54, 1.807) is 0 Å². The summed E-state index contributed by atoms with van der Waals surface area (Å²) in [5.41, 5.74) is 10.4. The second-order valence-electron chi connectivity index (χ2n) is 10.2. The van der Waals surface area contributed by atoms with E-state index in [9.17, 15) is 0 Å². The molecular formula is C33H32N4. The van der Waals surface area contributed by atoms with Crippen LogP contribution in [0.1, 0.15) is 6.92 Å². The van der Waals surface area contributed by atoms with Crippen LogP contribution in [-0.4, -0.2) is 41.9 Å². The van der Waals surface area contributed by atoms with Gasteiger partial charge < -0.3 is 9.80 Å². The lowest BCUT2D eigenvalue weighted by molar-refractivity contribution is 0.343. The Morgan fingerprint density at radius 1 is 0.703 bits per heavy atom. The number of anilines is 2. The first kappa shape index (κ1) is 23.3. The Hall–Kier alpha value is -4.15. The van der Waals surface area contributed by atoms with Crippen LogP contribution in [-0.2, 0) is 0 Å².